The predicted octanol–water partition coefficient (Wildman–Crippen LogP) is 1.67. The molecule has 0 aromatic heterocycles. The van der Waals surface area contributed by atoms with Gasteiger partial charge >= 0.3 is 0 Å². The normalized spacial score (nSPS) is 23.9. The van der Waals surface area contributed by atoms with Crippen LogP contribution in [0.3, 0.4) is 0 Å². The van der Waals surface area contributed by atoms with Crippen LogP contribution in [0.15, 0.2) is 24.3 Å². The molecule has 0 unspecified atom stereocenters. The largest absolute Gasteiger partial charge is 0.497 e. The minimum Gasteiger partial charge on any atom is -0.497 e. The Hall–Kier alpha value is -1.59. The van der Waals surface area contributed by atoms with E-state index in [1.54, 1.807) is 14.2 Å². The number of amides is 1. The lowest BCUT2D eigenvalue weighted by Gasteiger charge is -2.41. The Morgan fingerprint density at radius 1 is 1.22 bits per heavy atom. The van der Waals surface area contributed by atoms with Crippen LogP contribution in [-0.4, -0.2) is 51.3 Å². The molecule has 2 heterocycles. The molecule has 5 nitrogen and oxygen atoms in total. The van der Waals surface area contributed by atoms with Crippen molar-refractivity contribution in [3.05, 3.63) is 29.8 Å². The Bertz CT molecular complexity index is 536. The molecule has 0 saturated carbocycles. The Morgan fingerprint density at radius 2 is 1.91 bits per heavy atom. The van der Waals surface area contributed by atoms with E-state index in [4.69, 9.17) is 9.47 Å². The van der Waals surface area contributed by atoms with Crippen LogP contribution in [0.5, 0.6) is 5.75 Å². The van der Waals surface area contributed by atoms with Crippen molar-refractivity contribution >= 4 is 5.91 Å². The van der Waals surface area contributed by atoms with Gasteiger partial charge in [-0.25, -0.2) is 0 Å². The van der Waals surface area contributed by atoms with E-state index in [0.717, 1.165) is 44.8 Å². The standard InChI is InChI=1S/C18H26N2O3/c1-22-12-16-17(21)19-13-18(16)7-9-20(10-8-18)11-14-3-5-15(23-2)6-4-14/h3-6,16H,7-13H2,1-2H3,(H,19,21)/t16-/m1/s1. The SMILES string of the molecule is COC[C@@H]1C(=O)NCC12CCN(Cc1ccc(OC)cc1)CC2. The van der Waals surface area contributed by atoms with Crippen molar-refractivity contribution in [1.82, 2.24) is 10.2 Å². The summed E-state index contributed by atoms with van der Waals surface area (Å²) in [6.07, 6.45) is 2.10. The molecule has 0 radical (unpaired) electrons. The first-order valence-corrected chi connectivity index (χ1v) is 8.29. The number of carbonyl (C=O) groups is 1. The number of hydrogen-bond acceptors (Lipinski definition) is 4. The highest BCUT2D eigenvalue weighted by Crippen LogP contribution is 2.42. The number of methoxy groups -OCH3 is 2. The van der Waals surface area contributed by atoms with Gasteiger partial charge in [-0.1, -0.05) is 12.1 Å². The quantitative estimate of drug-likeness (QED) is 0.897. The van der Waals surface area contributed by atoms with Crippen LogP contribution in [0.25, 0.3) is 0 Å². The molecule has 2 fully saturated rings. The maximum Gasteiger partial charge on any atom is 0.226 e. The monoisotopic (exact) mass is 318 g/mol. The van der Waals surface area contributed by atoms with Crippen LogP contribution in [0.1, 0.15) is 18.4 Å². The molecule has 0 bridgehead atoms. The molecule has 23 heavy (non-hydrogen) atoms. The fraction of sp³-hybridized carbons (Fsp3) is 0.611. The molecule has 1 aromatic rings. The Labute approximate surface area is 137 Å². The van der Waals surface area contributed by atoms with E-state index in [1.807, 2.05) is 12.1 Å². The molecule has 2 saturated heterocycles. The van der Waals surface area contributed by atoms with Gasteiger partial charge in [-0.2, -0.15) is 0 Å². The van der Waals surface area contributed by atoms with Crippen molar-refractivity contribution in [2.75, 3.05) is 40.5 Å². The van der Waals surface area contributed by atoms with E-state index in [2.05, 4.69) is 22.3 Å². The maximum absolute atomic E-state index is 12.1. The van der Waals surface area contributed by atoms with E-state index in [1.165, 1.54) is 5.56 Å². The van der Waals surface area contributed by atoms with Crippen molar-refractivity contribution in [1.29, 1.82) is 0 Å². The summed E-state index contributed by atoms with van der Waals surface area (Å²) in [7, 11) is 3.37. The summed E-state index contributed by atoms with van der Waals surface area (Å²) in [6.45, 7) is 4.35. The highest BCUT2D eigenvalue weighted by Gasteiger charge is 2.49. The summed E-state index contributed by atoms with van der Waals surface area (Å²) < 4.78 is 10.5. The van der Waals surface area contributed by atoms with Gasteiger partial charge < -0.3 is 14.8 Å². The highest BCUT2D eigenvalue weighted by molar-refractivity contribution is 5.82. The van der Waals surface area contributed by atoms with Gasteiger partial charge in [0.05, 0.1) is 19.6 Å². The average Bonchev–Trinajstić information content (AvgIpc) is 2.88. The highest BCUT2D eigenvalue weighted by atomic mass is 16.5. The fourth-order valence-corrected chi connectivity index (χ4v) is 3.88. The number of hydrogen-bond donors (Lipinski definition) is 1. The number of nitrogens with one attached hydrogen (secondary N) is 1. The first-order valence-electron chi connectivity index (χ1n) is 8.29. The Morgan fingerprint density at radius 3 is 2.52 bits per heavy atom. The molecule has 1 atom stereocenters. The van der Waals surface area contributed by atoms with E-state index < -0.39 is 0 Å². The van der Waals surface area contributed by atoms with E-state index in [0.29, 0.717) is 6.61 Å². The number of piperidine rings is 1. The zero-order valence-corrected chi connectivity index (χ0v) is 14.0. The zero-order chi connectivity index (χ0) is 16.3. The topological polar surface area (TPSA) is 50.8 Å². The maximum atomic E-state index is 12.1. The summed E-state index contributed by atoms with van der Waals surface area (Å²) in [5.41, 5.74) is 1.39. The average molecular weight is 318 g/mol. The first-order chi connectivity index (χ1) is 11.2. The number of nitrogens with zero attached hydrogens (tertiary/aromatic N) is 1. The molecule has 1 aromatic carbocycles. The van der Waals surface area contributed by atoms with Crippen molar-refractivity contribution in [2.45, 2.75) is 19.4 Å². The van der Waals surface area contributed by atoms with Crippen LogP contribution >= 0.6 is 0 Å². The summed E-state index contributed by atoms with van der Waals surface area (Å²) in [5, 5.41) is 3.04. The van der Waals surface area contributed by atoms with Gasteiger partial charge in [-0.3, -0.25) is 9.69 Å². The molecule has 1 amide bonds. The molecular formula is C18H26N2O3. The van der Waals surface area contributed by atoms with Gasteiger partial charge in [0.25, 0.3) is 0 Å². The van der Waals surface area contributed by atoms with Crippen LogP contribution in [0.2, 0.25) is 0 Å². The molecule has 3 rings (SSSR count). The second kappa shape index (κ2) is 6.89. The smallest absolute Gasteiger partial charge is 0.226 e. The predicted molar refractivity (Wildman–Crippen MR) is 88.3 cm³/mol. The van der Waals surface area contributed by atoms with Gasteiger partial charge in [0.1, 0.15) is 5.75 Å². The second-order valence-electron chi connectivity index (χ2n) is 6.71. The number of ether oxygens (including phenoxy) is 2. The van der Waals surface area contributed by atoms with E-state index in [9.17, 15) is 4.79 Å². The van der Waals surface area contributed by atoms with E-state index >= 15 is 0 Å². The van der Waals surface area contributed by atoms with Gasteiger partial charge in [0.2, 0.25) is 5.91 Å². The summed E-state index contributed by atoms with van der Waals surface area (Å²) in [6, 6.07) is 8.26. The lowest BCUT2D eigenvalue weighted by atomic mass is 9.71. The van der Waals surface area contributed by atoms with Crippen LogP contribution in [0, 0.1) is 11.3 Å². The van der Waals surface area contributed by atoms with Crippen molar-refractivity contribution in [3.63, 3.8) is 0 Å². The third kappa shape index (κ3) is 3.35. The van der Waals surface area contributed by atoms with Crippen LogP contribution in [-0.2, 0) is 16.1 Å². The Kier molecular flexibility index (Phi) is 4.87. The number of benzene rings is 1. The fourth-order valence-electron chi connectivity index (χ4n) is 3.88. The third-order valence-electron chi connectivity index (χ3n) is 5.42. The van der Waals surface area contributed by atoms with Gasteiger partial charge in [0.15, 0.2) is 0 Å². The van der Waals surface area contributed by atoms with Gasteiger partial charge in [-0.15, -0.1) is 0 Å². The number of likely N-dealkylation sites (tertiary alicyclic amines) is 1. The molecule has 0 aliphatic carbocycles. The van der Waals surface area contributed by atoms with Gasteiger partial charge in [-0.05, 0) is 43.6 Å². The number of rotatable bonds is 5. The first kappa shape index (κ1) is 16.3. The lowest BCUT2D eigenvalue weighted by Crippen LogP contribution is -2.45. The van der Waals surface area contributed by atoms with Crippen LogP contribution in [0.4, 0.5) is 0 Å². The molecular weight excluding hydrogens is 292 g/mol. The molecule has 2 aliphatic rings. The minimum absolute atomic E-state index is 0.00985. The molecule has 126 valence electrons. The molecule has 5 heteroatoms. The minimum atomic E-state index is 0.00985. The van der Waals surface area contributed by atoms with Gasteiger partial charge in [0, 0.05) is 25.6 Å². The van der Waals surface area contributed by atoms with Crippen molar-refractivity contribution in [2.24, 2.45) is 11.3 Å². The molecule has 1 N–H and O–H groups in total. The van der Waals surface area contributed by atoms with Crippen molar-refractivity contribution < 1.29 is 14.3 Å². The number of carbonyl (C=O) groups excluding carboxylic acids is 1. The van der Waals surface area contributed by atoms with E-state index in [-0.39, 0.29) is 17.2 Å². The zero-order valence-electron chi connectivity index (χ0n) is 14.0. The molecule has 1 spiro atoms. The summed E-state index contributed by atoms with van der Waals surface area (Å²) in [5.74, 6) is 1.07. The summed E-state index contributed by atoms with van der Waals surface area (Å²) in [4.78, 5) is 14.5. The lowest BCUT2D eigenvalue weighted by molar-refractivity contribution is -0.126. The third-order valence-corrected chi connectivity index (χ3v) is 5.42. The second-order valence-corrected chi connectivity index (χ2v) is 6.71. The van der Waals surface area contributed by atoms with Crippen molar-refractivity contribution in [3.8, 4) is 5.75 Å². The Balaban J connectivity index is 1.58. The molecule has 2 aliphatic heterocycles. The van der Waals surface area contributed by atoms with Crippen LogP contribution < -0.4 is 10.1 Å². The summed E-state index contributed by atoms with van der Waals surface area (Å²) >= 11 is 0.